The third-order valence-electron chi connectivity index (χ3n) is 4.22. The maximum atomic E-state index is 12.5. The maximum absolute atomic E-state index is 12.5. The molecule has 25 heavy (non-hydrogen) atoms. The molecule has 2 aromatic rings. The molecule has 1 aliphatic heterocycles. The molecule has 0 spiro atoms. The monoisotopic (exact) mass is 340 g/mol. The molecule has 3 rings (SSSR count). The van der Waals surface area contributed by atoms with Gasteiger partial charge in [0.15, 0.2) is 17.6 Å². The van der Waals surface area contributed by atoms with Gasteiger partial charge in [0.25, 0.3) is 0 Å². The summed E-state index contributed by atoms with van der Waals surface area (Å²) in [6.45, 7) is 6.42. The van der Waals surface area contributed by atoms with E-state index in [-0.39, 0.29) is 5.78 Å². The van der Waals surface area contributed by atoms with E-state index in [0.29, 0.717) is 35.8 Å². The van der Waals surface area contributed by atoms with Gasteiger partial charge in [0.05, 0.1) is 5.56 Å². The summed E-state index contributed by atoms with van der Waals surface area (Å²) in [4.78, 5) is 24.8. The summed E-state index contributed by atoms with van der Waals surface area (Å²) in [5, 5.41) is 0. The molecule has 0 amide bonds. The molecule has 5 heteroatoms. The topological polar surface area (TPSA) is 61.8 Å². The van der Waals surface area contributed by atoms with E-state index >= 15 is 0 Å². The number of Topliss-reactive ketones (excluding diaryl/α,β-unsaturated/α-hetero) is 1. The van der Waals surface area contributed by atoms with Crippen LogP contribution in [0.25, 0.3) is 0 Å². The summed E-state index contributed by atoms with van der Waals surface area (Å²) in [5.41, 5.74) is 2.99. The summed E-state index contributed by atoms with van der Waals surface area (Å²) < 4.78 is 16.2. The van der Waals surface area contributed by atoms with Crippen molar-refractivity contribution in [3.63, 3.8) is 0 Å². The Bertz CT molecular complexity index is 825. The van der Waals surface area contributed by atoms with E-state index in [1.54, 1.807) is 31.2 Å². The fourth-order valence-corrected chi connectivity index (χ4v) is 2.58. The highest BCUT2D eigenvalue weighted by atomic mass is 16.6. The third-order valence-corrected chi connectivity index (χ3v) is 4.22. The summed E-state index contributed by atoms with van der Waals surface area (Å²) >= 11 is 0. The van der Waals surface area contributed by atoms with Crippen molar-refractivity contribution >= 4 is 11.8 Å². The third kappa shape index (κ3) is 3.65. The predicted molar refractivity (Wildman–Crippen MR) is 92.6 cm³/mol. The van der Waals surface area contributed by atoms with Crippen molar-refractivity contribution in [2.45, 2.75) is 26.9 Å². The van der Waals surface area contributed by atoms with Crippen LogP contribution in [-0.2, 0) is 4.74 Å². The molecular formula is C20H20O5. The van der Waals surface area contributed by atoms with E-state index in [0.717, 1.165) is 11.1 Å². The van der Waals surface area contributed by atoms with Gasteiger partial charge in [-0.05, 0) is 56.2 Å². The van der Waals surface area contributed by atoms with Crippen LogP contribution in [0.5, 0.6) is 11.5 Å². The zero-order chi connectivity index (χ0) is 18.0. The van der Waals surface area contributed by atoms with Crippen LogP contribution in [0.3, 0.4) is 0 Å². The first-order valence-electron chi connectivity index (χ1n) is 8.18. The quantitative estimate of drug-likeness (QED) is 0.630. The number of hydrogen-bond donors (Lipinski definition) is 0. The van der Waals surface area contributed by atoms with Gasteiger partial charge >= 0.3 is 5.97 Å². The Morgan fingerprint density at radius 3 is 2.32 bits per heavy atom. The Morgan fingerprint density at radius 2 is 1.60 bits per heavy atom. The first-order chi connectivity index (χ1) is 12.0. The molecule has 1 heterocycles. The number of ether oxygens (including phenoxy) is 3. The van der Waals surface area contributed by atoms with Gasteiger partial charge < -0.3 is 14.2 Å². The highest BCUT2D eigenvalue weighted by Gasteiger charge is 2.22. The smallest absolute Gasteiger partial charge is 0.338 e. The van der Waals surface area contributed by atoms with Crippen LogP contribution >= 0.6 is 0 Å². The lowest BCUT2D eigenvalue weighted by Gasteiger charge is -2.19. The van der Waals surface area contributed by atoms with Crippen LogP contribution in [0.15, 0.2) is 36.4 Å². The first-order valence-corrected chi connectivity index (χ1v) is 8.18. The minimum absolute atomic E-state index is 0.228. The van der Waals surface area contributed by atoms with Crippen molar-refractivity contribution < 1.29 is 23.8 Å². The molecule has 0 radical (unpaired) electrons. The summed E-state index contributed by atoms with van der Waals surface area (Å²) in [7, 11) is 0. The zero-order valence-corrected chi connectivity index (χ0v) is 14.5. The number of aryl methyl sites for hydroxylation is 2. The Kier molecular flexibility index (Phi) is 4.74. The van der Waals surface area contributed by atoms with Crippen LogP contribution in [0.4, 0.5) is 0 Å². The van der Waals surface area contributed by atoms with Crippen LogP contribution in [0, 0.1) is 13.8 Å². The van der Waals surface area contributed by atoms with E-state index in [4.69, 9.17) is 14.2 Å². The van der Waals surface area contributed by atoms with Crippen molar-refractivity contribution in [1.29, 1.82) is 0 Å². The van der Waals surface area contributed by atoms with Gasteiger partial charge in [-0.1, -0.05) is 12.1 Å². The van der Waals surface area contributed by atoms with Crippen molar-refractivity contribution in [3.8, 4) is 11.5 Å². The molecule has 1 atom stereocenters. The molecule has 0 bridgehead atoms. The van der Waals surface area contributed by atoms with Gasteiger partial charge in [-0.2, -0.15) is 0 Å². The van der Waals surface area contributed by atoms with Crippen LogP contribution in [-0.4, -0.2) is 31.1 Å². The minimum atomic E-state index is -0.872. The van der Waals surface area contributed by atoms with Crippen molar-refractivity contribution in [1.82, 2.24) is 0 Å². The van der Waals surface area contributed by atoms with Gasteiger partial charge in [0.1, 0.15) is 13.2 Å². The highest BCUT2D eigenvalue weighted by Crippen LogP contribution is 2.31. The number of carbonyl (C=O) groups is 2. The average molecular weight is 340 g/mol. The van der Waals surface area contributed by atoms with Crippen molar-refractivity contribution in [2.75, 3.05) is 13.2 Å². The molecule has 2 aromatic carbocycles. The average Bonchev–Trinajstić information content (AvgIpc) is 2.62. The van der Waals surface area contributed by atoms with Gasteiger partial charge in [0, 0.05) is 5.56 Å². The normalized spacial score (nSPS) is 13.9. The molecule has 0 saturated heterocycles. The largest absolute Gasteiger partial charge is 0.486 e. The SMILES string of the molecule is Cc1ccc(C(=O)C(C)OC(=O)c2ccc3c(c2)OCCO3)cc1C. The molecule has 130 valence electrons. The number of fused-ring (bicyclic) bond motifs is 1. The molecule has 0 saturated carbocycles. The maximum Gasteiger partial charge on any atom is 0.338 e. The second kappa shape index (κ2) is 6.97. The van der Waals surface area contributed by atoms with Gasteiger partial charge in [-0.15, -0.1) is 0 Å². The molecule has 0 N–H and O–H groups in total. The number of esters is 1. The van der Waals surface area contributed by atoms with Gasteiger partial charge in [0.2, 0.25) is 5.78 Å². The molecule has 5 nitrogen and oxygen atoms in total. The zero-order valence-electron chi connectivity index (χ0n) is 14.5. The second-order valence-electron chi connectivity index (χ2n) is 6.07. The molecule has 1 aliphatic rings. The fourth-order valence-electron chi connectivity index (χ4n) is 2.58. The first kappa shape index (κ1) is 17.0. The Hall–Kier alpha value is -2.82. The van der Waals surface area contributed by atoms with Gasteiger partial charge in [-0.25, -0.2) is 4.79 Å². The summed E-state index contributed by atoms with van der Waals surface area (Å²) in [6.07, 6.45) is -0.872. The van der Waals surface area contributed by atoms with Crippen molar-refractivity contribution in [2.24, 2.45) is 0 Å². The van der Waals surface area contributed by atoms with E-state index in [2.05, 4.69) is 0 Å². The van der Waals surface area contributed by atoms with E-state index < -0.39 is 12.1 Å². The number of benzene rings is 2. The fraction of sp³-hybridized carbons (Fsp3) is 0.300. The highest BCUT2D eigenvalue weighted by molar-refractivity contribution is 6.01. The lowest BCUT2D eigenvalue weighted by Crippen LogP contribution is -2.24. The Balaban J connectivity index is 1.71. The molecule has 0 aromatic heterocycles. The second-order valence-corrected chi connectivity index (χ2v) is 6.07. The van der Waals surface area contributed by atoms with Crippen LogP contribution in [0.2, 0.25) is 0 Å². The van der Waals surface area contributed by atoms with Gasteiger partial charge in [-0.3, -0.25) is 4.79 Å². The lowest BCUT2D eigenvalue weighted by molar-refractivity contribution is 0.0318. The standard InChI is InChI=1S/C20H20O5/c1-12-4-5-15(10-13(12)2)19(21)14(3)25-20(22)16-6-7-17-18(11-16)24-9-8-23-17/h4-7,10-11,14H,8-9H2,1-3H3. The van der Waals surface area contributed by atoms with Crippen LogP contribution < -0.4 is 9.47 Å². The molecule has 0 aliphatic carbocycles. The molecular weight excluding hydrogens is 320 g/mol. The minimum Gasteiger partial charge on any atom is -0.486 e. The number of rotatable bonds is 4. The van der Waals surface area contributed by atoms with Crippen LogP contribution in [0.1, 0.15) is 38.8 Å². The predicted octanol–water partition coefficient (Wildman–Crippen LogP) is 3.50. The van der Waals surface area contributed by atoms with E-state index in [1.807, 2.05) is 26.0 Å². The molecule has 1 unspecified atom stereocenters. The summed E-state index contributed by atoms with van der Waals surface area (Å²) in [6, 6.07) is 10.3. The summed E-state index contributed by atoms with van der Waals surface area (Å²) in [5.74, 6) is 0.312. The Labute approximate surface area is 146 Å². The Morgan fingerprint density at radius 1 is 0.920 bits per heavy atom. The molecule has 0 fully saturated rings. The number of hydrogen-bond acceptors (Lipinski definition) is 5. The lowest BCUT2D eigenvalue weighted by atomic mass is 10.0. The number of carbonyl (C=O) groups excluding carboxylic acids is 2. The van der Waals surface area contributed by atoms with Crippen molar-refractivity contribution in [3.05, 3.63) is 58.7 Å². The van der Waals surface area contributed by atoms with E-state index in [1.165, 1.54) is 0 Å². The number of ketones is 1. The van der Waals surface area contributed by atoms with E-state index in [9.17, 15) is 9.59 Å².